The quantitative estimate of drug-likeness (QED) is 0.717. The summed E-state index contributed by atoms with van der Waals surface area (Å²) in [5.41, 5.74) is 3.20. The fourth-order valence-electron chi connectivity index (χ4n) is 3.63. The van der Waals surface area contributed by atoms with E-state index in [1.807, 2.05) is 20.0 Å². The van der Waals surface area contributed by atoms with Gasteiger partial charge in [0.1, 0.15) is 0 Å². The zero-order valence-electron chi connectivity index (χ0n) is 14.9. The minimum Gasteiger partial charge on any atom is -0.424 e. The predicted molar refractivity (Wildman–Crippen MR) is 90.1 cm³/mol. The summed E-state index contributed by atoms with van der Waals surface area (Å²) in [7, 11) is 1.75. The maximum Gasteiger partial charge on any atom is 0.234 e. The van der Waals surface area contributed by atoms with Crippen LogP contribution in [0.15, 0.2) is 16.7 Å². The van der Waals surface area contributed by atoms with Gasteiger partial charge in [0.2, 0.25) is 17.6 Å². The molecule has 8 heteroatoms. The van der Waals surface area contributed by atoms with E-state index < -0.39 is 0 Å². The Bertz CT molecular complexity index is 902. The van der Waals surface area contributed by atoms with Crippen LogP contribution in [0.3, 0.4) is 0 Å². The minimum absolute atomic E-state index is 0.0513. The predicted octanol–water partition coefficient (Wildman–Crippen LogP) is 2.00. The molecule has 25 heavy (non-hydrogen) atoms. The molecule has 0 N–H and O–H groups in total. The second-order valence-electron chi connectivity index (χ2n) is 6.62. The topological polar surface area (TPSA) is 81.6 Å². The molecule has 1 aliphatic heterocycles. The van der Waals surface area contributed by atoms with Crippen LogP contribution in [-0.2, 0) is 11.3 Å². The molecular weight excluding hydrogens is 320 g/mol. The summed E-state index contributed by atoms with van der Waals surface area (Å²) < 4.78 is 13.4. The molecule has 3 aromatic rings. The number of nitrogens with zero attached hydrogens (tertiary/aromatic N) is 6. The van der Waals surface area contributed by atoms with E-state index in [2.05, 4.69) is 42.5 Å². The van der Waals surface area contributed by atoms with Crippen molar-refractivity contribution in [3.8, 4) is 0 Å². The molecule has 132 valence electrons. The summed E-state index contributed by atoms with van der Waals surface area (Å²) in [4.78, 5) is 11.3. The molecule has 0 amide bonds. The first-order valence-electron chi connectivity index (χ1n) is 8.42. The summed E-state index contributed by atoms with van der Waals surface area (Å²) in [6.07, 6.45) is 2.88. The second kappa shape index (κ2) is 6.20. The Morgan fingerprint density at radius 3 is 2.84 bits per heavy atom. The normalized spacial score (nSPS) is 21.4. The molecule has 0 aliphatic carbocycles. The Labute approximate surface area is 145 Å². The van der Waals surface area contributed by atoms with E-state index in [0.717, 1.165) is 42.4 Å². The van der Waals surface area contributed by atoms with Gasteiger partial charge in [0.15, 0.2) is 0 Å². The molecule has 8 nitrogen and oxygen atoms in total. The van der Waals surface area contributed by atoms with Crippen LogP contribution in [0.25, 0.3) is 5.78 Å². The first-order valence-corrected chi connectivity index (χ1v) is 8.42. The summed E-state index contributed by atoms with van der Waals surface area (Å²) in [6.45, 7) is 7.41. The molecule has 0 aromatic carbocycles. The maximum atomic E-state index is 5.68. The molecule has 0 spiro atoms. The fourth-order valence-corrected chi connectivity index (χ4v) is 3.63. The van der Waals surface area contributed by atoms with Crippen molar-refractivity contribution in [1.29, 1.82) is 0 Å². The Hall–Kier alpha value is -2.32. The Balaban J connectivity index is 1.66. The highest BCUT2D eigenvalue weighted by Gasteiger charge is 2.37. The zero-order chi connectivity index (χ0) is 17.6. The van der Waals surface area contributed by atoms with E-state index in [1.165, 1.54) is 0 Å². The minimum atomic E-state index is 0.0513. The largest absolute Gasteiger partial charge is 0.424 e. The van der Waals surface area contributed by atoms with E-state index in [0.29, 0.717) is 11.8 Å². The van der Waals surface area contributed by atoms with E-state index >= 15 is 0 Å². The SMILES string of the molecule is CO[C@H]1C[C@H](c2nnc(C)o2)N(Cc2cnc3nc(C)cc(C)n23)C1. The molecule has 0 unspecified atom stereocenters. The summed E-state index contributed by atoms with van der Waals surface area (Å²) in [5, 5.41) is 8.19. The molecule has 0 saturated carbocycles. The molecule has 0 radical (unpaired) electrons. The summed E-state index contributed by atoms with van der Waals surface area (Å²) in [5.74, 6) is 1.97. The van der Waals surface area contributed by atoms with Gasteiger partial charge in [0, 0.05) is 38.5 Å². The lowest BCUT2D eigenvalue weighted by atomic mass is 10.2. The van der Waals surface area contributed by atoms with Gasteiger partial charge < -0.3 is 9.15 Å². The van der Waals surface area contributed by atoms with Gasteiger partial charge >= 0.3 is 0 Å². The van der Waals surface area contributed by atoms with Gasteiger partial charge in [-0.05, 0) is 26.3 Å². The van der Waals surface area contributed by atoms with Crippen LogP contribution in [0.2, 0.25) is 0 Å². The van der Waals surface area contributed by atoms with Crippen LogP contribution >= 0.6 is 0 Å². The van der Waals surface area contributed by atoms with Gasteiger partial charge in [0.25, 0.3) is 0 Å². The molecule has 1 saturated heterocycles. The van der Waals surface area contributed by atoms with Gasteiger partial charge in [-0.1, -0.05) is 0 Å². The van der Waals surface area contributed by atoms with Crippen molar-refractivity contribution in [3.63, 3.8) is 0 Å². The first-order chi connectivity index (χ1) is 12.0. The van der Waals surface area contributed by atoms with Crippen molar-refractivity contribution >= 4 is 5.78 Å². The molecule has 0 bridgehead atoms. The third kappa shape index (κ3) is 2.91. The molecule has 1 aliphatic rings. The van der Waals surface area contributed by atoms with Crippen molar-refractivity contribution in [1.82, 2.24) is 29.5 Å². The Morgan fingerprint density at radius 1 is 1.28 bits per heavy atom. The summed E-state index contributed by atoms with van der Waals surface area (Å²) in [6, 6.07) is 2.12. The fraction of sp³-hybridized carbons (Fsp3) is 0.529. The molecule has 1 fully saturated rings. The molecule has 4 heterocycles. The standard InChI is InChI=1S/C17H22N6O2/c1-10-5-11(2)23-13(7-18-17(23)19-10)8-22-9-14(24-4)6-15(22)16-21-20-12(3)25-16/h5,7,14-15H,6,8-9H2,1-4H3/t14-,15+/m0/s1. The lowest BCUT2D eigenvalue weighted by molar-refractivity contribution is 0.107. The number of fused-ring (bicyclic) bond motifs is 1. The van der Waals surface area contributed by atoms with Crippen molar-refractivity contribution in [2.24, 2.45) is 0 Å². The van der Waals surface area contributed by atoms with Crippen molar-refractivity contribution in [2.75, 3.05) is 13.7 Å². The van der Waals surface area contributed by atoms with Gasteiger partial charge in [-0.15, -0.1) is 10.2 Å². The van der Waals surface area contributed by atoms with Crippen molar-refractivity contribution in [3.05, 3.63) is 41.1 Å². The Kier molecular flexibility index (Phi) is 4.01. The first kappa shape index (κ1) is 16.2. The maximum absolute atomic E-state index is 5.68. The third-order valence-electron chi connectivity index (χ3n) is 4.75. The summed E-state index contributed by atoms with van der Waals surface area (Å²) >= 11 is 0. The van der Waals surface area contributed by atoms with Crippen LogP contribution < -0.4 is 0 Å². The average molecular weight is 342 g/mol. The zero-order valence-corrected chi connectivity index (χ0v) is 14.9. The number of aryl methyl sites for hydroxylation is 3. The van der Waals surface area contributed by atoms with E-state index in [-0.39, 0.29) is 12.1 Å². The number of likely N-dealkylation sites (tertiary alicyclic amines) is 1. The highest BCUT2D eigenvalue weighted by Crippen LogP contribution is 2.34. The van der Waals surface area contributed by atoms with E-state index in [9.17, 15) is 0 Å². The van der Waals surface area contributed by atoms with Gasteiger partial charge in [-0.2, -0.15) is 0 Å². The van der Waals surface area contributed by atoms with Gasteiger partial charge in [-0.3, -0.25) is 9.30 Å². The number of ether oxygens (including phenoxy) is 1. The molecule has 2 atom stereocenters. The number of imidazole rings is 1. The number of rotatable bonds is 4. The van der Waals surface area contributed by atoms with E-state index in [1.54, 1.807) is 7.11 Å². The van der Waals surface area contributed by atoms with Crippen LogP contribution in [0.1, 0.15) is 41.3 Å². The number of hydrogen-bond acceptors (Lipinski definition) is 7. The van der Waals surface area contributed by atoms with Crippen molar-refractivity contribution in [2.45, 2.75) is 45.9 Å². The highest BCUT2D eigenvalue weighted by atomic mass is 16.5. The lowest BCUT2D eigenvalue weighted by Gasteiger charge is -2.21. The van der Waals surface area contributed by atoms with Crippen LogP contribution in [0, 0.1) is 20.8 Å². The Morgan fingerprint density at radius 2 is 2.12 bits per heavy atom. The molecule has 4 rings (SSSR count). The van der Waals surface area contributed by atoms with Crippen LogP contribution in [-0.4, -0.2) is 49.2 Å². The van der Waals surface area contributed by atoms with Crippen LogP contribution in [0.4, 0.5) is 0 Å². The lowest BCUT2D eigenvalue weighted by Crippen LogP contribution is -2.25. The molecule has 3 aromatic heterocycles. The third-order valence-corrected chi connectivity index (χ3v) is 4.75. The number of aromatic nitrogens is 5. The number of methoxy groups -OCH3 is 1. The van der Waals surface area contributed by atoms with Crippen molar-refractivity contribution < 1.29 is 9.15 Å². The van der Waals surface area contributed by atoms with Gasteiger partial charge in [0.05, 0.1) is 24.0 Å². The monoisotopic (exact) mass is 342 g/mol. The van der Waals surface area contributed by atoms with Gasteiger partial charge in [-0.25, -0.2) is 9.97 Å². The van der Waals surface area contributed by atoms with Crippen LogP contribution in [0.5, 0.6) is 0 Å². The number of hydrogen-bond donors (Lipinski definition) is 0. The smallest absolute Gasteiger partial charge is 0.234 e. The molecular formula is C17H22N6O2. The second-order valence-corrected chi connectivity index (χ2v) is 6.62. The van der Waals surface area contributed by atoms with E-state index in [4.69, 9.17) is 9.15 Å². The average Bonchev–Trinajstić information content (AvgIpc) is 3.26. The highest BCUT2D eigenvalue weighted by molar-refractivity contribution is 5.35.